The molecule has 158 valence electrons. The van der Waals surface area contributed by atoms with Crippen LogP contribution in [0.15, 0.2) is 10.6 Å². The molecule has 0 amide bonds. The molecule has 0 bridgehead atoms. The van der Waals surface area contributed by atoms with Gasteiger partial charge >= 0.3 is 0 Å². The van der Waals surface area contributed by atoms with E-state index in [9.17, 15) is 0 Å². The average molecular weight is 458 g/mol. The Morgan fingerprint density at radius 3 is 2.41 bits per heavy atom. The van der Waals surface area contributed by atoms with Gasteiger partial charge in [-0.1, -0.05) is 62.0 Å². The Morgan fingerprint density at radius 1 is 1.15 bits per heavy atom. The topological polar surface area (TPSA) is 9.23 Å². The monoisotopic (exact) mass is 456 g/mol. The van der Waals surface area contributed by atoms with Crippen LogP contribution in [-0.4, -0.2) is 13.9 Å². The summed E-state index contributed by atoms with van der Waals surface area (Å²) >= 11 is 3.65. The van der Waals surface area contributed by atoms with Crippen LogP contribution < -0.4 is 0 Å². The predicted octanol–water partition coefficient (Wildman–Crippen LogP) is 8.84. The number of allylic oxidation sites excluding steroid dienone is 1. The van der Waals surface area contributed by atoms with Gasteiger partial charge in [0.2, 0.25) is 0 Å². The van der Waals surface area contributed by atoms with Gasteiger partial charge in [0.05, 0.1) is 5.60 Å². The van der Waals surface area contributed by atoms with E-state index in [1.807, 2.05) is 0 Å². The molecule has 0 radical (unpaired) electrons. The zero-order valence-electron chi connectivity index (χ0n) is 19.0. The molecule has 3 heteroatoms. The van der Waals surface area contributed by atoms with E-state index in [2.05, 4.69) is 62.5 Å². The summed E-state index contributed by atoms with van der Waals surface area (Å²) in [7, 11) is -1.50. The summed E-state index contributed by atoms with van der Waals surface area (Å²) in [4.78, 5) is 2.25. The number of rotatable bonds is 10. The molecule has 2 rings (SSSR count). The lowest BCUT2D eigenvalue weighted by Crippen LogP contribution is -2.44. The minimum Gasteiger partial charge on any atom is -0.412 e. The third-order valence-electron chi connectivity index (χ3n) is 8.31. The summed E-state index contributed by atoms with van der Waals surface area (Å²) in [5.41, 5.74) is 2.33. The van der Waals surface area contributed by atoms with Crippen molar-refractivity contribution in [3.63, 3.8) is 0 Å². The lowest BCUT2D eigenvalue weighted by molar-refractivity contribution is 0.0799. The van der Waals surface area contributed by atoms with E-state index in [0.717, 1.165) is 11.8 Å². The smallest absolute Gasteiger partial charge is 0.192 e. The minimum atomic E-state index is -1.50. The van der Waals surface area contributed by atoms with Crippen LogP contribution in [0.5, 0.6) is 0 Å². The van der Waals surface area contributed by atoms with Gasteiger partial charge in [-0.25, -0.2) is 0 Å². The van der Waals surface area contributed by atoms with Crippen LogP contribution in [-0.2, 0) is 4.43 Å². The van der Waals surface area contributed by atoms with Crippen LogP contribution in [0, 0.1) is 17.3 Å². The maximum absolute atomic E-state index is 6.81. The molecule has 0 aliphatic heterocycles. The highest BCUT2D eigenvalue weighted by Gasteiger charge is 2.48. The molecule has 2 aliphatic carbocycles. The van der Waals surface area contributed by atoms with Crippen molar-refractivity contribution in [2.45, 2.75) is 123 Å². The van der Waals surface area contributed by atoms with Crippen LogP contribution in [0.25, 0.3) is 0 Å². The van der Waals surface area contributed by atoms with Gasteiger partial charge in [-0.3, -0.25) is 0 Å². The molecule has 2 fully saturated rings. The van der Waals surface area contributed by atoms with E-state index in [-0.39, 0.29) is 5.60 Å². The molecule has 2 aliphatic rings. The summed E-state index contributed by atoms with van der Waals surface area (Å²) < 4.78 is 6.81. The van der Waals surface area contributed by atoms with Gasteiger partial charge in [0.1, 0.15) is 0 Å². The summed E-state index contributed by atoms with van der Waals surface area (Å²) in [5, 5.41) is 0. The van der Waals surface area contributed by atoms with Crippen LogP contribution in [0.4, 0.5) is 0 Å². The highest BCUT2D eigenvalue weighted by molar-refractivity contribution is 9.11. The van der Waals surface area contributed by atoms with E-state index in [1.165, 1.54) is 75.9 Å². The van der Waals surface area contributed by atoms with Crippen molar-refractivity contribution in [2.24, 2.45) is 17.3 Å². The van der Waals surface area contributed by atoms with Crippen molar-refractivity contribution >= 4 is 24.2 Å². The highest BCUT2D eigenvalue weighted by Crippen LogP contribution is 2.58. The molecule has 2 saturated carbocycles. The summed E-state index contributed by atoms with van der Waals surface area (Å²) in [5.74, 6) is 1.78. The van der Waals surface area contributed by atoms with Crippen molar-refractivity contribution in [1.29, 1.82) is 0 Å². The fourth-order valence-corrected chi connectivity index (χ4v) is 10.1. The molecule has 3 atom stereocenters. The third-order valence-corrected chi connectivity index (χ3v) is 13.7. The van der Waals surface area contributed by atoms with Gasteiger partial charge < -0.3 is 4.43 Å². The van der Waals surface area contributed by atoms with Crippen molar-refractivity contribution in [3.05, 3.63) is 10.6 Å². The Kier molecular flexibility index (Phi) is 8.71. The summed E-state index contributed by atoms with van der Waals surface area (Å²) in [6.45, 7) is 14.3. The van der Waals surface area contributed by atoms with Crippen LogP contribution in [0.2, 0.25) is 18.1 Å². The minimum absolute atomic E-state index is 0.0626. The zero-order valence-corrected chi connectivity index (χ0v) is 21.6. The molecule has 0 aromatic rings. The quantitative estimate of drug-likeness (QED) is 0.235. The second-order valence-electron chi connectivity index (χ2n) is 10.2. The number of fused-ring (bicyclic) bond motifs is 1. The van der Waals surface area contributed by atoms with Crippen molar-refractivity contribution in [3.8, 4) is 0 Å². The van der Waals surface area contributed by atoms with Gasteiger partial charge in [0, 0.05) is 0 Å². The molecule has 0 unspecified atom stereocenters. The van der Waals surface area contributed by atoms with Crippen molar-refractivity contribution < 1.29 is 4.43 Å². The fraction of sp³-hybridized carbons (Fsp3) is 0.917. The second kappa shape index (κ2) is 9.94. The highest BCUT2D eigenvalue weighted by atomic mass is 79.9. The molecule has 0 N–H and O–H groups in total. The Bertz CT molecular complexity index is 488. The molecular weight excluding hydrogens is 412 g/mol. The molecule has 0 aromatic carbocycles. The van der Waals surface area contributed by atoms with Crippen LogP contribution >= 0.6 is 15.9 Å². The molecular formula is C24H45BrOSi. The van der Waals surface area contributed by atoms with E-state index < -0.39 is 8.32 Å². The van der Waals surface area contributed by atoms with E-state index in [1.54, 1.807) is 5.57 Å². The Labute approximate surface area is 179 Å². The first-order valence-electron chi connectivity index (χ1n) is 11.7. The fourth-order valence-electron chi connectivity index (χ4n) is 6.30. The zero-order chi connectivity index (χ0) is 20.1. The number of hydrogen-bond acceptors (Lipinski definition) is 1. The van der Waals surface area contributed by atoms with Gasteiger partial charge in [0.25, 0.3) is 0 Å². The molecule has 0 spiro atoms. The molecule has 1 nitrogen and oxygen atoms in total. The summed E-state index contributed by atoms with van der Waals surface area (Å²) in [6.07, 6.45) is 12.4. The molecule has 0 heterocycles. The van der Waals surface area contributed by atoms with Gasteiger partial charge in [-0.2, -0.15) is 0 Å². The maximum Gasteiger partial charge on any atom is 0.192 e. The molecule has 27 heavy (non-hydrogen) atoms. The third kappa shape index (κ3) is 5.51. The van der Waals surface area contributed by atoms with Gasteiger partial charge in [-0.15, -0.1) is 0 Å². The SMILES string of the molecule is CC[Si](CC)(CC)OC(C)(C)CCCC[C@H]1CC[C@H]2/C(=C/Br)CCC[C@]12C. The molecule has 0 aromatic heterocycles. The first kappa shape index (κ1) is 23.7. The molecule has 0 saturated heterocycles. The van der Waals surface area contributed by atoms with Crippen LogP contribution in [0.1, 0.15) is 99.3 Å². The van der Waals surface area contributed by atoms with Crippen molar-refractivity contribution in [2.75, 3.05) is 0 Å². The standard InChI is InChI=1S/C24H45BrOSi/c1-7-27(8-2,9-3)26-23(4,5)17-11-10-14-21-15-16-22-20(19-25)13-12-18-24(21,22)6/h19,21-22H,7-18H2,1-6H3/b20-19+/t21-,22-,24+/m0/s1. The summed E-state index contributed by atoms with van der Waals surface area (Å²) in [6, 6.07) is 3.78. The number of halogens is 1. The van der Waals surface area contributed by atoms with E-state index in [0.29, 0.717) is 5.41 Å². The average Bonchev–Trinajstić information content (AvgIpc) is 2.99. The van der Waals surface area contributed by atoms with E-state index >= 15 is 0 Å². The van der Waals surface area contributed by atoms with E-state index in [4.69, 9.17) is 4.43 Å². The normalized spacial score (nSPS) is 30.7. The maximum atomic E-state index is 6.81. The first-order chi connectivity index (χ1) is 12.8. The second-order valence-corrected chi connectivity index (χ2v) is 15.4. The Balaban J connectivity index is 1.83. The van der Waals surface area contributed by atoms with Crippen LogP contribution in [0.3, 0.4) is 0 Å². The largest absolute Gasteiger partial charge is 0.412 e. The lowest BCUT2D eigenvalue weighted by Gasteiger charge is -2.42. The Morgan fingerprint density at radius 2 is 1.81 bits per heavy atom. The first-order valence-corrected chi connectivity index (χ1v) is 15.2. The number of hydrogen-bond donors (Lipinski definition) is 0. The van der Waals surface area contributed by atoms with Gasteiger partial charge in [0.15, 0.2) is 8.32 Å². The van der Waals surface area contributed by atoms with Crippen molar-refractivity contribution in [1.82, 2.24) is 0 Å². The predicted molar refractivity (Wildman–Crippen MR) is 126 cm³/mol. The Hall–Kier alpha value is 0.397. The number of unbranched alkanes of at least 4 members (excludes halogenated alkanes) is 1. The lowest BCUT2D eigenvalue weighted by atomic mass is 9.63. The van der Waals surface area contributed by atoms with Gasteiger partial charge in [-0.05, 0) is 99.2 Å².